The number of amides is 2. The molecule has 0 bridgehead atoms. The van der Waals surface area contributed by atoms with Gasteiger partial charge in [-0.1, -0.05) is 12.1 Å². The molecule has 1 aromatic heterocycles. The van der Waals surface area contributed by atoms with E-state index in [1.165, 1.54) is 37.7 Å². The smallest absolute Gasteiger partial charge is 0.343 e. The summed E-state index contributed by atoms with van der Waals surface area (Å²) in [6.45, 7) is -0.275. The summed E-state index contributed by atoms with van der Waals surface area (Å²) in [5.41, 5.74) is 1.40. The standard InChI is InChI=1S/C22H20N2O6S/c1-28-18-11-14(8-9-17(18)30-13-20(25)29-2)21(26)23-15-5-3-6-16(12-15)24-22(27)19-7-4-10-31-19/h3-12H,13H2,1-2H3,(H,23,26)(H,24,27). The van der Waals surface area contributed by atoms with Crippen molar-refractivity contribution < 1.29 is 28.6 Å². The molecule has 0 radical (unpaired) electrons. The number of carbonyl (C=O) groups is 3. The van der Waals surface area contributed by atoms with Crippen LogP contribution in [-0.4, -0.2) is 38.6 Å². The SMILES string of the molecule is COC(=O)COc1ccc(C(=O)Nc2cccc(NC(=O)c3cccs3)c2)cc1OC. The Morgan fingerprint density at radius 3 is 2.26 bits per heavy atom. The fourth-order valence-electron chi connectivity index (χ4n) is 2.60. The van der Waals surface area contributed by atoms with Crippen molar-refractivity contribution in [1.82, 2.24) is 0 Å². The van der Waals surface area contributed by atoms with Crippen LogP contribution in [0.4, 0.5) is 11.4 Å². The van der Waals surface area contributed by atoms with Gasteiger partial charge in [-0.2, -0.15) is 0 Å². The minimum absolute atomic E-state index is 0.217. The maximum atomic E-state index is 12.7. The van der Waals surface area contributed by atoms with Crippen LogP contribution >= 0.6 is 11.3 Å². The molecule has 0 saturated carbocycles. The second kappa shape index (κ2) is 10.3. The van der Waals surface area contributed by atoms with Crippen molar-refractivity contribution >= 4 is 40.5 Å². The van der Waals surface area contributed by atoms with Crippen LogP contribution < -0.4 is 20.1 Å². The van der Waals surface area contributed by atoms with E-state index < -0.39 is 5.97 Å². The second-order valence-electron chi connectivity index (χ2n) is 6.20. The number of ether oxygens (including phenoxy) is 3. The molecule has 3 aromatic rings. The second-order valence-corrected chi connectivity index (χ2v) is 7.14. The minimum atomic E-state index is -0.532. The Bertz CT molecular complexity index is 1080. The molecular weight excluding hydrogens is 420 g/mol. The summed E-state index contributed by atoms with van der Waals surface area (Å²) in [6, 6.07) is 15.0. The number of nitrogens with one attached hydrogen (secondary N) is 2. The Hall–Kier alpha value is -3.85. The van der Waals surface area contributed by atoms with Crippen LogP contribution in [-0.2, 0) is 9.53 Å². The molecule has 0 aliphatic carbocycles. The average Bonchev–Trinajstić information content (AvgIpc) is 3.32. The van der Waals surface area contributed by atoms with Gasteiger partial charge in [-0.05, 0) is 47.8 Å². The minimum Gasteiger partial charge on any atom is -0.493 e. The number of anilines is 2. The van der Waals surface area contributed by atoms with Crippen LogP contribution in [0.5, 0.6) is 11.5 Å². The molecule has 3 rings (SSSR count). The van der Waals surface area contributed by atoms with Crippen LogP contribution in [0.25, 0.3) is 0 Å². The number of esters is 1. The van der Waals surface area contributed by atoms with E-state index >= 15 is 0 Å². The highest BCUT2D eigenvalue weighted by Crippen LogP contribution is 2.28. The van der Waals surface area contributed by atoms with Gasteiger partial charge >= 0.3 is 5.97 Å². The molecule has 2 amide bonds. The van der Waals surface area contributed by atoms with Crippen LogP contribution in [0.3, 0.4) is 0 Å². The molecule has 0 saturated heterocycles. The summed E-state index contributed by atoms with van der Waals surface area (Å²) >= 11 is 1.34. The lowest BCUT2D eigenvalue weighted by atomic mass is 10.1. The fourth-order valence-corrected chi connectivity index (χ4v) is 3.22. The normalized spacial score (nSPS) is 10.1. The Kier molecular flexibility index (Phi) is 7.23. The Labute approximate surface area is 182 Å². The lowest BCUT2D eigenvalue weighted by molar-refractivity contribution is -0.142. The van der Waals surface area contributed by atoms with Crippen molar-refractivity contribution in [3.05, 3.63) is 70.4 Å². The summed E-state index contributed by atoms with van der Waals surface area (Å²) in [5, 5.41) is 7.40. The van der Waals surface area contributed by atoms with Gasteiger partial charge < -0.3 is 24.8 Å². The molecular formula is C22H20N2O6S. The molecule has 31 heavy (non-hydrogen) atoms. The van der Waals surface area contributed by atoms with E-state index in [0.717, 1.165) is 0 Å². The number of carbonyl (C=O) groups excluding carboxylic acids is 3. The predicted octanol–water partition coefficient (Wildman–Crippen LogP) is 3.81. The molecule has 0 unspecified atom stereocenters. The molecule has 8 nitrogen and oxygen atoms in total. The Balaban J connectivity index is 1.68. The zero-order chi connectivity index (χ0) is 22.2. The summed E-state index contributed by atoms with van der Waals surface area (Å²) in [4.78, 5) is 36.7. The molecule has 0 spiro atoms. The van der Waals surface area contributed by atoms with Crippen molar-refractivity contribution in [2.24, 2.45) is 0 Å². The lowest BCUT2D eigenvalue weighted by Crippen LogP contribution is -2.15. The highest BCUT2D eigenvalue weighted by atomic mass is 32.1. The third-order valence-electron chi connectivity index (χ3n) is 4.12. The zero-order valence-corrected chi connectivity index (χ0v) is 17.7. The first kappa shape index (κ1) is 21.8. The van der Waals surface area contributed by atoms with E-state index in [-0.39, 0.29) is 18.4 Å². The maximum absolute atomic E-state index is 12.7. The summed E-state index contributed by atoms with van der Waals surface area (Å²) in [6.07, 6.45) is 0. The van der Waals surface area contributed by atoms with Gasteiger partial charge in [-0.3, -0.25) is 9.59 Å². The van der Waals surface area contributed by atoms with Gasteiger partial charge in [0.2, 0.25) is 0 Å². The molecule has 2 aromatic carbocycles. The quantitative estimate of drug-likeness (QED) is 0.517. The molecule has 1 heterocycles. The summed E-state index contributed by atoms with van der Waals surface area (Å²) in [5.74, 6) is -0.517. The zero-order valence-electron chi connectivity index (χ0n) is 16.8. The van der Waals surface area contributed by atoms with Crippen LogP contribution in [0.1, 0.15) is 20.0 Å². The molecule has 2 N–H and O–H groups in total. The molecule has 0 atom stereocenters. The van der Waals surface area contributed by atoms with E-state index in [0.29, 0.717) is 33.3 Å². The highest BCUT2D eigenvalue weighted by molar-refractivity contribution is 7.12. The van der Waals surface area contributed by atoms with Crippen LogP contribution in [0.2, 0.25) is 0 Å². The number of benzene rings is 2. The van der Waals surface area contributed by atoms with Crippen molar-refractivity contribution in [2.75, 3.05) is 31.5 Å². The van der Waals surface area contributed by atoms with Gasteiger partial charge in [0.05, 0.1) is 19.1 Å². The molecule has 160 valence electrons. The van der Waals surface area contributed by atoms with Crippen molar-refractivity contribution in [3.8, 4) is 11.5 Å². The first-order valence-corrected chi connectivity index (χ1v) is 10.0. The average molecular weight is 440 g/mol. The fraction of sp³-hybridized carbons (Fsp3) is 0.136. The van der Waals surface area contributed by atoms with Crippen molar-refractivity contribution in [2.45, 2.75) is 0 Å². The Morgan fingerprint density at radius 2 is 1.61 bits per heavy atom. The number of thiophene rings is 1. The largest absolute Gasteiger partial charge is 0.493 e. The number of hydrogen-bond acceptors (Lipinski definition) is 7. The Morgan fingerprint density at radius 1 is 0.871 bits per heavy atom. The van der Waals surface area contributed by atoms with E-state index in [4.69, 9.17) is 9.47 Å². The van der Waals surface area contributed by atoms with Gasteiger partial charge in [0.1, 0.15) is 0 Å². The van der Waals surface area contributed by atoms with Gasteiger partial charge in [0.15, 0.2) is 18.1 Å². The monoisotopic (exact) mass is 440 g/mol. The van der Waals surface area contributed by atoms with E-state index in [1.807, 2.05) is 5.38 Å². The third kappa shape index (κ3) is 5.83. The van der Waals surface area contributed by atoms with Crippen LogP contribution in [0.15, 0.2) is 60.0 Å². The third-order valence-corrected chi connectivity index (χ3v) is 4.99. The van der Waals surface area contributed by atoms with Crippen molar-refractivity contribution in [1.29, 1.82) is 0 Å². The number of hydrogen-bond donors (Lipinski definition) is 2. The molecule has 0 fully saturated rings. The maximum Gasteiger partial charge on any atom is 0.343 e. The van der Waals surface area contributed by atoms with Crippen LogP contribution in [0, 0.1) is 0 Å². The number of rotatable bonds is 8. The van der Waals surface area contributed by atoms with Crippen molar-refractivity contribution in [3.63, 3.8) is 0 Å². The molecule has 9 heteroatoms. The summed E-state index contributed by atoms with van der Waals surface area (Å²) in [7, 11) is 2.70. The van der Waals surface area contributed by atoms with E-state index in [1.54, 1.807) is 42.5 Å². The van der Waals surface area contributed by atoms with E-state index in [9.17, 15) is 14.4 Å². The molecule has 0 aliphatic heterocycles. The first-order valence-electron chi connectivity index (χ1n) is 9.14. The topological polar surface area (TPSA) is 103 Å². The summed E-state index contributed by atoms with van der Waals surface area (Å²) < 4.78 is 15.1. The van der Waals surface area contributed by atoms with Gasteiger partial charge in [-0.15, -0.1) is 11.3 Å². The molecule has 0 aliphatic rings. The van der Waals surface area contributed by atoms with Gasteiger partial charge in [0, 0.05) is 16.9 Å². The van der Waals surface area contributed by atoms with Gasteiger partial charge in [0.25, 0.3) is 11.8 Å². The van der Waals surface area contributed by atoms with E-state index in [2.05, 4.69) is 15.4 Å². The lowest BCUT2D eigenvalue weighted by Gasteiger charge is -2.12. The predicted molar refractivity (Wildman–Crippen MR) is 117 cm³/mol. The highest BCUT2D eigenvalue weighted by Gasteiger charge is 2.14. The van der Waals surface area contributed by atoms with Gasteiger partial charge in [-0.25, -0.2) is 4.79 Å². The first-order chi connectivity index (χ1) is 15.0. The number of methoxy groups -OCH3 is 2.